The number of nitrogens with zero attached hydrogens (tertiary/aromatic N) is 3. The molecule has 1 aromatic heterocycles. The third-order valence-corrected chi connectivity index (χ3v) is 3.95. The van der Waals surface area contributed by atoms with Crippen molar-refractivity contribution >= 4 is 11.9 Å². The van der Waals surface area contributed by atoms with E-state index in [1.54, 1.807) is 0 Å². The number of hydrogen-bond donors (Lipinski definition) is 1. The molecule has 1 aromatic rings. The second-order valence-electron chi connectivity index (χ2n) is 5.74. The van der Waals surface area contributed by atoms with Crippen LogP contribution in [-0.2, 0) is 16.6 Å². The molecule has 128 valence electrons. The Balaban J connectivity index is 2.23. The van der Waals surface area contributed by atoms with Gasteiger partial charge in [-0.1, -0.05) is 0 Å². The molecule has 1 saturated carbocycles. The molecule has 1 amide bonds. The molecule has 23 heavy (non-hydrogen) atoms. The Hall–Kier alpha value is -2.06. The molecule has 0 aliphatic heterocycles. The lowest BCUT2D eigenvalue weighted by atomic mass is 10.0. The topological polar surface area (TPSA) is 75.4 Å². The van der Waals surface area contributed by atoms with Gasteiger partial charge in [0.1, 0.15) is 17.8 Å². The molecule has 2 rings (SSSR count). The number of rotatable bonds is 6. The van der Waals surface area contributed by atoms with Crippen LogP contribution in [0.4, 0.5) is 13.2 Å². The minimum absolute atomic E-state index is 0.260. The van der Waals surface area contributed by atoms with Crippen molar-refractivity contribution in [2.24, 2.45) is 7.05 Å². The molecule has 1 aliphatic carbocycles. The summed E-state index contributed by atoms with van der Waals surface area (Å²) in [5.41, 5.74) is 0. The largest absolute Gasteiger partial charge is 0.480 e. The first-order valence-corrected chi connectivity index (χ1v) is 7.20. The van der Waals surface area contributed by atoms with Crippen molar-refractivity contribution < 1.29 is 27.9 Å². The van der Waals surface area contributed by atoms with E-state index < -0.39 is 36.4 Å². The Bertz CT molecular complexity index is 596. The highest BCUT2D eigenvalue weighted by molar-refractivity contribution is 5.84. The fourth-order valence-corrected chi connectivity index (χ4v) is 2.55. The van der Waals surface area contributed by atoms with Crippen LogP contribution in [0.2, 0.25) is 0 Å². The van der Waals surface area contributed by atoms with Crippen molar-refractivity contribution in [3.63, 3.8) is 0 Å². The summed E-state index contributed by atoms with van der Waals surface area (Å²) in [6.07, 6.45) is -1.65. The Kier molecular flexibility index (Phi) is 4.67. The summed E-state index contributed by atoms with van der Waals surface area (Å²) >= 11 is 0. The van der Waals surface area contributed by atoms with E-state index in [2.05, 4.69) is 4.98 Å². The van der Waals surface area contributed by atoms with Crippen LogP contribution in [0.15, 0.2) is 12.4 Å². The Labute approximate surface area is 130 Å². The summed E-state index contributed by atoms with van der Waals surface area (Å²) in [7, 11) is 1.42. The van der Waals surface area contributed by atoms with Gasteiger partial charge in [0.2, 0.25) is 5.91 Å². The van der Waals surface area contributed by atoms with Gasteiger partial charge in [0, 0.05) is 31.9 Å². The fourth-order valence-electron chi connectivity index (χ4n) is 2.55. The van der Waals surface area contributed by atoms with E-state index in [0.717, 1.165) is 4.90 Å². The molecule has 0 radical (unpaired) electrons. The number of hydrogen-bond acceptors (Lipinski definition) is 3. The number of aromatic nitrogens is 2. The van der Waals surface area contributed by atoms with E-state index in [4.69, 9.17) is 5.11 Å². The molecule has 0 aromatic carbocycles. The monoisotopic (exact) mass is 333 g/mol. The highest BCUT2D eigenvalue weighted by Gasteiger charge is 2.47. The van der Waals surface area contributed by atoms with Gasteiger partial charge in [0.15, 0.2) is 0 Å². The van der Waals surface area contributed by atoms with Gasteiger partial charge in [-0.05, 0) is 19.8 Å². The third kappa shape index (κ3) is 3.83. The van der Waals surface area contributed by atoms with E-state index >= 15 is 0 Å². The smallest absolute Gasteiger partial charge is 0.399 e. The van der Waals surface area contributed by atoms with Crippen LogP contribution in [0.25, 0.3) is 0 Å². The van der Waals surface area contributed by atoms with Gasteiger partial charge >= 0.3 is 12.1 Å². The quantitative estimate of drug-likeness (QED) is 0.863. The summed E-state index contributed by atoms with van der Waals surface area (Å²) in [5.74, 6) is -4.36. The van der Waals surface area contributed by atoms with Crippen molar-refractivity contribution in [1.29, 1.82) is 0 Å². The number of carbonyl (C=O) groups excluding carboxylic acids is 1. The highest BCUT2D eigenvalue weighted by atomic mass is 19.4. The van der Waals surface area contributed by atoms with E-state index in [0.29, 0.717) is 12.8 Å². The lowest BCUT2D eigenvalue weighted by Crippen LogP contribution is -2.46. The Morgan fingerprint density at radius 2 is 2.09 bits per heavy atom. The van der Waals surface area contributed by atoms with Crippen molar-refractivity contribution in [3.05, 3.63) is 18.2 Å². The second-order valence-corrected chi connectivity index (χ2v) is 5.74. The minimum atomic E-state index is -4.64. The SMILES string of the molecule is CC(C(=O)O)N(C(=O)CC(c1nccn1C)C(F)(F)F)C1CC1. The average Bonchev–Trinajstić information content (AvgIpc) is 3.17. The minimum Gasteiger partial charge on any atom is -0.480 e. The van der Waals surface area contributed by atoms with Crippen molar-refractivity contribution in [2.75, 3.05) is 0 Å². The number of alkyl halides is 3. The second kappa shape index (κ2) is 6.21. The van der Waals surface area contributed by atoms with Gasteiger partial charge < -0.3 is 14.6 Å². The summed E-state index contributed by atoms with van der Waals surface area (Å²) in [6.45, 7) is 1.31. The van der Waals surface area contributed by atoms with E-state index in [1.807, 2.05) is 0 Å². The first-order valence-electron chi connectivity index (χ1n) is 7.20. The first kappa shape index (κ1) is 17.3. The van der Waals surface area contributed by atoms with Gasteiger partial charge in [-0.25, -0.2) is 9.78 Å². The molecule has 0 bridgehead atoms. The van der Waals surface area contributed by atoms with E-state index in [-0.39, 0.29) is 11.9 Å². The number of halogens is 3. The molecule has 0 spiro atoms. The summed E-state index contributed by atoms with van der Waals surface area (Å²) in [5, 5.41) is 9.07. The lowest BCUT2D eigenvalue weighted by molar-refractivity contribution is -0.165. The average molecular weight is 333 g/mol. The lowest BCUT2D eigenvalue weighted by Gasteiger charge is -2.29. The zero-order valence-electron chi connectivity index (χ0n) is 12.7. The Morgan fingerprint density at radius 1 is 1.48 bits per heavy atom. The van der Waals surface area contributed by atoms with Crippen LogP contribution in [0.5, 0.6) is 0 Å². The molecule has 1 aliphatic rings. The molecule has 0 saturated heterocycles. The zero-order chi connectivity index (χ0) is 17.4. The zero-order valence-corrected chi connectivity index (χ0v) is 12.7. The van der Waals surface area contributed by atoms with Gasteiger partial charge in [-0.3, -0.25) is 4.79 Å². The van der Waals surface area contributed by atoms with E-state index in [9.17, 15) is 22.8 Å². The predicted octanol–water partition coefficient (Wildman–Crippen LogP) is 1.92. The third-order valence-electron chi connectivity index (χ3n) is 3.95. The van der Waals surface area contributed by atoms with Gasteiger partial charge in [-0.2, -0.15) is 13.2 Å². The van der Waals surface area contributed by atoms with Crippen molar-refractivity contribution in [1.82, 2.24) is 14.5 Å². The maximum atomic E-state index is 13.3. The molecule has 6 nitrogen and oxygen atoms in total. The standard InChI is InChI=1S/C14H18F3N3O3/c1-8(13(22)23)20(9-3-4-9)11(21)7-10(14(15,16)17)12-18-5-6-19(12)2/h5-6,8-10H,3-4,7H2,1-2H3,(H,22,23). The number of aryl methyl sites for hydroxylation is 1. The number of carboxylic acids is 1. The molecule has 1 heterocycles. The maximum absolute atomic E-state index is 13.3. The molecule has 9 heteroatoms. The van der Waals surface area contributed by atoms with Crippen LogP contribution in [0.1, 0.15) is 37.9 Å². The van der Waals surface area contributed by atoms with Crippen LogP contribution < -0.4 is 0 Å². The van der Waals surface area contributed by atoms with Crippen LogP contribution in [0.3, 0.4) is 0 Å². The maximum Gasteiger partial charge on any atom is 0.399 e. The first-order chi connectivity index (χ1) is 10.6. The molecular formula is C14H18F3N3O3. The van der Waals surface area contributed by atoms with Crippen LogP contribution in [-0.4, -0.2) is 49.7 Å². The summed E-state index contributed by atoms with van der Waals surface area (Å²) < 4.78 is 41.2. The molecule has 2 unspecified atom stereocenters. The molecule has 2 atom stereocenters. The van der Waals surface area contributed by atoms with Crippen molar-refractivity contribution in [3.8, 4) is 0 Å². The summed E-state index contributed by atoms with van der Waals surface area (Å²) in [6, 6.07) is -1.44. The van der Waals surface area contributed by atoms with Gasteiger partial charge in [-0.15, -0.1) is 0 Å². The number of aliphatic carboxylic acids is 1. The van der Waals surface area contributed by atoms with Gasteiger partial charge in [0.25, 0.3) is 0 Å². The van der Waals surface area contributed by atoms with E-state index in [1.165, 1.54) is 30.9 Å². The van der Waals surface area contributed by atoms with Crippen LogP contribution >= 0.6 is 0 Å². The number of amides is 1. The number of carboxylic acid groups (broad SMARTS) is 1. The predicted molar refractivity (Wildman–Crippen MR) is 73.6 cm³/mol. The highest BCUT2D eigenvalue weighted by Crippen LogP contribution is 2.38. The molecular weight excluding hydrogens is 315 g/mol. The fraction of sp³-hybridized carbons (Fsp3) is 0.643. The van der Waals surface area contributed by atoms with Crippen LogP contribution in [0, 0.1) is 0 Å². The summed E-state index contributed by atoms with van der Waals surface area (Å²) in [4.78, 5) is 28.2. The van der Waals surface area contributed by atoms with Gasteiger partial charge in [0.05, 0.1) is 0 Å². The number of imidazole rings is 1. The molecule has 1 fully saturated rings. The number of carbonyl (C=O) groups is 2. The van der Waals surface area contributed by atoms with Crippen molar-refractivity contribution in [2.45, 2.75) is 50.4 Å². The molecule has 1 N–H and O–H groups in total. The Morgan fingerprint density at radius 3 is 2.48 bits per heavy atom. The normalized spacial score (nSPS) is 17.6.